The Bertz CT molecular complexity index is 1120. The molecule has 0 fully saturated rings. The number of rotatable bonds is 3. The molecule has 0 bridgehead atoms. The van der Waals surface area contributed by atoms with E-state index in [2.05, 4.69) is 19.9 Å². The van der Waals surface area contributed by atoms with Crippen LogP contribution in [0.15, 0.2) is 55.8 Å². The molecule has 9 nitrogen and oxygen atoms in total. The molecular weight excluding hydrogens is 326 g/mol. The van der Waals surface area contributed by atoms with Crippen molar-refractivity contribution in [3.63, 3.8) is 0 Å². The van der Waals surface area contributed by atoms with Crippen molar-refractivity contribution < 1.29 is 0 Å². The van der Waals surface area contributed by atoms with Gasteiger partial charge in [-0.1, -0.05) is 12.1 Å². The van der Waals surface area contributed by atoms with Gasteiger partial charge in [0.1, 0.15) is 0 Å². The zero-order valence-electron chi connectivity index (χ0n) is 12.6. The molecule has 3 aromatic rings. The first kappa shape index (κ1) is 15.9. The van der Waals surface area contributed by atoms with Gasteiger partial charge in [-0.3, -0.25) is 19.6 Å². The van der Waals surface area contributed by atoms with E-state index in [0.29, 0.717) is 11.1 Å². The molecule has 0 aliphatic heterocycles. The molecule has 0 aliphatic rings. The first-order valence-corrected chi connectivity index (χ1v) is 7.13. The van der Waals surface area contributed by atoms with Crippen molar-refractivity contribution in [2.75, 3.05) is 0 Å². The Morgan fingerprint density at radius 1 is 0.800 bits per heavy atom. The minimum absolute atomic E-state index is 0.113. The number of nitrogens with zero attached hydrogens (tertiary/aromatic N) is 1. The van der Waals surface area contributed by atoms with Crippen LogP contribution in [0.3, 0.4) is 0 Å². The lowest BCUT2D eigenvalue weighted by molar-refractivity contribution is 0.858. The summed E-state index contributed by atoms with van der Waals surface area (Å²) in [6.45, 7) is 0. The molecule has 0 spiro atoms. The standard InChI is InChI=1S/C16H11N5O4/c17-5-8-1-3-9(4-2-8)12(10-6-18-15(24)20-13(10)22)11-7-19-16(25)21-14(11)23/h1-4,6-7,12H,(H2,18,20,22,24)(H2,19,21,23,25). The van der Waals surface area contributed by atoms with Crippen LogP contribution in [0.1, 0.15) is 28.2 Å². The van der Waals surface area contributed by atoms with Crippen LogP contribution >= 0.6 is 0 Å². The molecule has 0 saturated carbocycles. The van der Waals surface area contributed by atoms with Crippen LogP contribution in [0.4, 0.5) is 0 Å². The van der Waals surface area contributed by atoms with E-state index in [0.717, 1.165) is 0 Å². The van der Waals surface area contributed by atoms with E-state index in [4.69, 9.17) is 5.26 Å². The van der Waals surface area contributed by atoms with Gasteiger partial charge < -0.3 is 9.97 Å². The fourth-order valence-electron chi connectivity index (χ4n) is 2.55. The highest BCUT2D eigenvalue weighted by Gasteiger charge is 2.23. The van der Waals surface area contributed by atoms with Crippen molar-refractivity contribution in [2.45, 2.75) is 5.92 Å². The van der Waals surface area contributed by atoms with Crippen LogP contribution in [0, 0.1) is 11.3 Å². The average molecular weight is 337 g/mol. The summed E-state index contributed by atoms with van der Waals surface area (Å²) in [6, 6.07) is 8.26. The maximum absolute atomic E-state index is 12.2. The van der Waals surface area contributed by atoms with Gasteiger partial charge in [-0.15, -0.1) is 0 Å². The Morgan fingerprint density at radius 3 is 1.68 bits per heavy atom. The molecule has 4 N–H and O–H groups in total. The fraction of sp³-hybridized carbons (Fsp3) is 0.0625. The van der Waals surface area contributed by atoms with Crippen molar-refractivity contribution in [3.8, 4) is 6.07 Å². The summed E-state index contributed by atoms with van der Waals surface area (Å²) in [5.41, 5.74) is -1.51. The number of nitrogens with one attached hydrogen (secondary N) is 4. The lowest BCUT2D eigenvalue weighted by Crippen LogP contribution is -2.31. The Hall–Kier alpha value is -3.93. The second-order valence-electron chi connectivity index (χ2n) is 5.22. The third-order valence-corrected chi connectivity index (χ3v) is 3.69. The van der Waals surface area contributed by atoms with E-state index >= 15 is 0 Å². The van der Waals surface area contributed by atoms with E-state index < -0.39 is 28.4 Å². The minimum Gasteiger partial charge on any atom is -0.314 e. The van der Waals surface area contributed by atoms with Crippen LogP contribution in [0.2, 0.25) is 0 Å². The van der Waals surface area contributed by atoms with E-state index in [-0.39, 0.29) is 11.1 Å². The Balaban J connectivity index is 2.29. The monoisotopic (exact) mass is 337 g/mol. The number of H-pyrrole nitrogens is 4. The number of hydrogen-bond donors (Lipinski definition) is 4. The molecule has 0 radical (unpaired) electrons. The molecule has 1 aromatic carbocycles. The molecule has 25 heavy (non-hydrogen) atoms. The van der Waals surface area contributed by atoms with Gasteiger partial charge in [0.2, 0.25) is 0 Å². The summed E-state index contributed by atoms with van der Waals surface area (Å²) in [6.07, 6.45) is 2.43. The first-order valence-electron chi connectivity index (χ1n) is 7.13. The normalized spacial score (nSPS) is 10.6. The quantitative estimate of drug-likeness (QED) is 0.506. The van der Waals surface area contributed by atoms with Gasteiger partial charge >= 0.3 is 11.4 Å². The number of aromatic amines is 4. The summed E-state index contributed by atoms with van der Waals surface area (Å²) in [5, 5.41) is 8.91. The third-order valence-electron chi connectivity index (χ3n) is 3.69. The van der Waals surface area contributed by atoms with Gasteiger partial charge in [0.15, 0.2) is 0 Å². The highest BCUT2D eigenvalue weighted by atomic mass is 16.2. The van der Waals surface area contributed by atoms with Gasteiger partial charge in [0, 0.05) is 29.4 Å². The molecule has 0 saturated heterocycles. The van der Waals surface area contributed by atoms with Crippen LogP contribution in [0.5, 0.6) is 0 Å². The lowest BCUT2D eigenvalue weighted by Gasteiger charge is -2.16. The van der Waals surface area contributed by atoms with Crippen LogP contribution in [0.25, 0.3) is 0 Å². The van der Waals surface area contributed by atoms with Gasteiger partial charge in [-0.2, -0.15) is 5.26 Å². The average Bonchev–Trinajstić information content (AvgIpc) is 2.59. The third kappa shape index (κ3) is 3.09. The SMILES string of the molecule is N#Cc1ccc(C(c2c[nH]c(=O)[nH]c2=O)c2c[nH]c(=O)[nH]c2=O)cc1. The highest BCUT2D eigenvalue weighted by Crippen LogP contribution is 2.26. The smallest absolute Gasteiger partial charge is 0.314 e. The van der Waals surface area contributed by atoms with Crippen molar-refractivity contribution >= 4 is 0 Å². The first-order chi connectivity index (χ1) is 12.0. The van der Waals surface area contributed by atoms with Crippen molar-refractivity contribution in [1.82, 2.24) is 19.9 Å². The molecule has 2 aromatic heterocycles. The molecular formula is C16H11N5O4. The van der Waals surface area contributed by atoms with E-state index in [1.165, 1.54) is 12.4 Å². The second kappa shape index (κ2) is 6.29. The van der Waals surface area contributed by atoms with Crippen molar-refractivity contribution in [2.24, 2.45) is 0 Å². The predicted molar refractivity (Wildman–Crippen MR) is 87.5 cm³/mol. The van der Waals surface area contributed by atoms with Gasteiger partial charge in [0.25, 0.3) is 11.1 Å². The topological polar surface area (TPSA) is 155 Å². The Kier molecular flexibility index (Phi) is 4.01. The summed E-state index contributed by atoms with van der Waals surface area (Å²) in [5.74, 6) is -0.853. The lowest BCUT2D eigenvalue weighted by atomic mass is 9.87. The number of aromatic nitrogens is 4. The van der Waals surface area contributed by atoms with E-state index in [9.17, 15) is 19.2 Å². The van der Waals surface area contributed by atoms with Crippen LogP contribution in [-0.2, 0) is 0 Å². The van der Waals surface area contributed by atoms with Crippen LogP contribution < -0.4 is 22.5 Å². The Morgan fingerprint density at radius 2 is 1.28 bits per heavy atom. The summed E-state index contributed by atoms with van der Waals surface area (Å²) >= 11 is 0. The molecule has 0 unspecified atom stereocenters. The molecule has 9 heteroatoms. The number of nitriles is 1. The van der Waals surface area contributed by atoms with Gasteiger partial charge in [0.05, 0.1) is 11.6 Å². The molecule has 0 aliphatic carbocycles. The minimum atomic E-state index is -0.853. The second-order valence-corrected chi connectivity index (χ2v) is 5.22. The van der Waals surface area contributed by atoms with Crippen molar-refractivity contribution in [3.05, 3.63) is 101 Å². The maximum atomic E-state index is 12.2. The Labute approximate surface area is 138 Å². The van der Waals surface area contributed by atoms with E-state index in [1.807, 2.05) is 6.07 Å². The number of hydrogen-bond acceptors (Lipinski definition) is 5. The fourth-order valence-corrected chi connectivity index (χ4v) is 2.55. The predicted octanol–water partition coefficient (Wildman–Crippen LogP) is -0.508. The molecule has 0 atom stereocenters. The zero-order valence-corrected chi connectivity index (χ0v) is 12.6. The van der Waals surface area contributed by atoms with Gasteiger partial charge in [-0.05, 0) is 17.7 Å². The summed E-state index contributed by atoms with van der Waals surface area (Å²) in [7, 11) is 0. The summed E-state index contributed by atoms with van der Waals surface area (Å²) in [4.78, 5) is 55.9. The maximum Gasteiger partial charge on any atom is 0.325 e. The molecule has 124 valence electrons. The number of benzene rings is 1. The van der Waals surface area contributed by atoms with Crippen molar-refractivity contribution in [1.29, 1.82) is 5.26 Å². The summed E-state index contributed by atoms with van der Waals surface area (Å²) < 4.78 is 0. The molecule has 0 amide bonds. The highest BCUT2D eigenvalue weighted by molar-refractivity contribution is 5.42. The molecule has 3 rings (SSSR count). The largest absolute Gasteiger partial charge is 0.325 e. The zero-order chi connectivity index (χ0) is 18.0. The van der Waals surface area contributed by atoms with Gasteiger partial charge in [-0.25, -0.2) is 9.59 Å². The van der Waals surface area contributed by atoms with E-state index in [1.54, 1.807) is 24.3 Å². The molecule has 2 heterocycles. The van der Waals surface area contributed by atoms with Crippen LogP contribution in [-0.4, -0.2) is 19.9 Å².